The predicted octanol–water partition coefficient (Wildman–Crippen LogP) is 0.981. The first-order valence-corrected chi connectivity index (χ1v) is 4.16. The minimum Gasteiger partial charge on any atom is -0.376 e. The second-order valence-electron chi connectivity index (χ2n) is 2.70. The lowest BCUT2D eigenvalue weighted by Gasteiger charge is -2.14. The molecule has 0 radical (unpaired) electrons. The highest BCUT2D eigenvalue weighted by molar-refractivity contribution is 4.90. The lowest BCUT2D eigenvalue weighted by Crippen LogP contribution is -2.27. The molecule has 1 heterocycles. The van der Waals surface area contributed by atoms with Crippen LogP contribution in [0.1, 0.15) is 6.42 Å². The van der Waals surface area contributed by atoms with Crippen molar-refractivity contribution < 1.29 is 0 Å². The van der Waals surface area contributed by atoms with Crippen molar-refractivity contribution in [2.24, 2.45) is 0 Å². The zero-order chi connectivity index (χ0) is 7.94. The van der Waals surface area contributed by atoms with Gasteiger partial charge in [0.15, 0.2) is 0 Å². The Bertz CT molecular complexity index is 140. The first-order valence-electron chi connectivity index (χ1n) is 4.16. The standard InChI is InChI=1S/C9H16N2/c1-2-5-10-6-9-11-7-3-4-8-11/h2-3,7,10H,1,4-6,8-9H2. The van der Waals surface area contributed by atoms with Crippen LogP contribution in [0.15, 0.2) is 24.9 Å². The van der Waals surface area contributed by atoms with Crippen LogP contribution in [0.2, 0.25) is 0 Å². The summed E-state index contributed by atoms with van der Waals surface area (Å²) in [5.41, 5.74) is 0. The molecular weight excluding hydrogens is 136 g/mol. The molecule has 1 rings (SSSR count). The van der Waals surface area contributed by atoms with Crippen molar-refractivity contribution in [3.05, 3.63) is 24.9 Å². The molecule has 2 nitrogen and oxygen atoms in total. The van der Waals surface area contributed by atoms with Crippen molar-refractivity contribution in [1.29, 1.82) is 0 Å². The Labute approximate surface area is 68.6 Å². The van der Waals surface area contributed by atoms with Crippen LogP contribution in [0.5, 0.6) is 0 Å². The van der Waals surface area contributed by atoms with E-state index in [1.165, 1.54) is 13.0 Å². The number of nitrogens with one attached hydrogen (secondary N) is 1. The molecule has 0 aromatic rings. The van der Waals surface area contributed by atoms with Crippen molar-refractivity contribution in [2.45, 2.75) is 6.42 Å². The highest BCUT2D eigenvalue weighted by Crippen LogP contribution is 2.01. The molecule has 0 atom stereocenters. The molecule has 1 aliphatic rings. The van der Waals surface area contributed by atoms with Gasteiger partial charge in [0.1, 0.15) is 0 Å². The average molecular weight is 152 g/mol. The van der Waals surface area contributed by atoms with Crippen molar-refractivity contribution >= 4 is 0 Å². The van der Waals surface area contributed by atoms with Gasteiger partial charge in [-0.25, -0.2) is 0 Å². The fourth-order valence-corrected chi connectivity index (χ4v) is 1.15. The van der Waals surface area contributed by atoms with Crippen LogP contribution in [-0.4, -0.2) is 31.1 Å². The van der Waals surface area contributed by atoms with Gasteiger partial charge >= 0.3 is 0 Å². The molecule has 0 saturated heterocycles. The summed E-state index contributed by atoms with van der Waals surface area (Å²) in [6, 6.07) is 0. The zero-order valence-corrected chi connectivity index (χ0v) is 6.92. The normalized spacial score (nSPS) is 15.8. The van der Waals surface area contributed by atoms with Crippen LogP contribution in [0.25, 0.3) is 0 Å². The van der Waals surface area contributed by atoms with E-state index in [2.05, 4.69) is 29.1 Å². The van der Waals surface area contributed by atoms with E-state index in [4.69, 9.17) is 0 Å². The third-order valence-electron chi connectivity index (χ3n) is 1.76. The molecule has 2 heteroatoms. The van der Waals surface area contributed by atoms with Crippen molar-refractivity contribution in [2.75, 3.05) is 26.2 Å². The molecule has 0 amide bonds. The number of hydrogen-bond donors (Lipinski definition) is 1. The molecule has 0 unspecified atom stereocenters. The second kappa shape index (κ2) is 4.97. The van der Waals surface area contributed by atoms with Gasteiger partial charge in [-0.2, -0.15) is 0 Å². The molecule has 1 N–H and O–H groups in total. The molecule has 11 heavy (non-hydrogen) atoms. The quantitative estimate of drug-likeness (QED) is 0.466. The summed E-state index contributed by atoms with van der Waals surface area (Å²) < 4.78 is 0. The van der Waals surface area contributed by atoms with Crippen LogP contribution in [0, 0.1) is 0 Å². The number of hydrogen-bond acceptors (Lipinski definition) is 2. The predicted molar refractivity (Wildman–Crippen MR) is 48.4 cm³/mol. The number of rotatable bonds is 5. The fraction of sp³-hybridized carbons (Fsp3) is 0.556. The van der Waals surface area contributed by atoms with Gasteiger partial charge in [0.05, 0.1) is 0 Å². The lowest BCUT2D eigenvalue weighted by molar-refractivity contribution is 0.402. The molecule has 0 aromatic carbocycles. The molecule has 0 aromatic heterocycles. The van der Waals surface area contributed by atoms with Crippen LogP contribution in [0.4, 0.5) is 0 Å². The highest BCUT2D eigenvalue weighted by atomic mass is 15.1. The first-order chi connectivity index (χ1) is 5.43. The Kier molecular flexibility index (Phi) is 3.76. The van der Waals surface area contributed by atoms with Gasteiger partial charge in [0.2, 0.25) is 0 Å². The third kappa shape index (κ3) is 3.23. The molecule has 0 spiro atoms. The van der Waals surface area contributed by atoms with E-state index < -0.39 is 0 Å². The smallest absolute Gasteiger partial charge is 0.0297 e. The van der Waals surface area contributed by atoms with Crippen LogP contribution in [-0.2, 0) is 0 Å². The van der Waals surface area contributed by atoms with Crippen LogP contribution >= 0.6 is 0 Å². The van der Waals surface area contributed by atoms with Crippen molar-refractivity contribution in [1.82, 2.24) is 10.2 Å². The Morgan fingerprint density at radius 2 is 2.55 bits per heavy atom. The van der Waals surface area contributed by atoms with E-state index in [0.29, 0.717) is 0 Å². The van der Waals surface area contributed by atoms with Crippen molar-refractivity contribution in [3.63, 3.8) is 0 Å². The summed E-state index contributed by atoms with van der Waals surface area (Å²) in [6.45, 7) is 7.91. The molecule has 62 valence electrons. The monoisotopic (exact) mass is 152 g/mol. The van der Waals surface area contributed by atoms with Gasteiger partial charge in [-0.15, -0.1) is 6.58 Å². The Morgan fingerprint density at radius 1 is 1.64 bits per heavy atom. The lowest BCUT2D eigenvalue weighted by atomic mass is 10.4. The molecule has 0 bridgehead atoms. The van der Waals surface area contributed by atoms with Gasteiger partial charge < -0.3 is 10.2 Å². The van der Waals surface area contributed by atoms with Crippen LogP contribution in [0.3, 0.4) is 0 Å². The first kappa shape index (κ1) is 8.34. The summed E-state index contributed by atoms with van der Waals surface area (Å²) in [6.07, 6.45) is 7.49. The van der Waals surface area contributed by atoms with E-state index in [-0.39, 0.29) is 0 Å². The Hall–Kier alpha value is -0.760. The van der Waals surface area contributed by atoms with Gasteiger partial charge in [-0.1, -0.05) is 12.2 Å². The van der Waals surface area contributed by atoms with Crippen molar-refractivity contribution in [3.8, 4) is 0 Å². The van der Waals surface area contributed by atoms with E-state index in [1.807, 2.05) is 6.08 Å². The summed E-state index contributed by atoms with van der Waals surface area (Å²) in [5.74, 6) is 0. The van der Waals surface area contributed by atoms with E-state index >= 15 is 0 Å². The van der Waals surface area contributed by atoms with E-state index in [0.717, 1.165) is 19.6 Å². The summed E-state index contributed by atoms with van der Waals surface area (Å²) >= 11 is 0. The maximum atomic E-state index is 3.64. The third-order valence-corrected chi connectivity index (χ3v) is 1.76. The van der Waals surface area contributed by atoms with Gasteiger partial charge in [0, 0.05) is 26.2 Å². The molecule has 0 aliphatic carbocycles. The Balaban J connectivity index is 1.94. The zero-order valence-electron chi connectivity index (χ0n) is 6.92. The summed E-state index contributed by atoms with van der Waals surface area (Å²) in [4.78, 5) is 2.33. The molecule has 1 aliphatic heterocycles. The maximum absolute atomic E-state index is 3.64. The van der Waals surface area contributed by atoms with E-state index in [9.17, 15) is 0 Å². The molecular formula is C9H16N2. The number of nitrogens with zero attached hydrogens (tertiary/aromatic N) is 1. The van der Waals surface area contributed by atoms with Gasteiger partial charge in [0.25, 0.3) is 0 Å². The SMILES string of the molecule is C=CCNCCN1C=CCC1. The largest absolute Gasteiger partial charge is 0.376 e. The summed E-state index contributed by atoms with van der Waals surface area (Å²) in [5, 5.41) is 3.27. The summed E-state index contributed by atoms with van der Waals surface area (Å²) in [7, 11) is 0. The average Bonchev–Trinajstić information content (AvgIpc) is 2.50. The van der Waals surface area contributed by atoms with Gasteiger partial charge in [-0.05, 0) is 12.6 Å². The fourth-order valence-electron chi connectivity index (χ4n) is 1.15. The minimum absolute atomic E-state index is 0.914. The highest BCUT2D eigenvalue weighted by Gasteiger charge is 2.01. The second-order valence-corrected chi connectivity index (χ2v) is 2.70. The van der Waals surface area contributed by atoms with Gasteiger partial charge in [-0.3, -0.25) is 0 Å². The molecule has 0 saturated carbocycles. The van der Waals surface area contributed by atoms with E-state index in [1.54, 1.807) is 0 Å². The molecule has 0 fully saturated rings. The van der Waals surface area contributed by atoms with Crippen LogP contribution < -0.4 is 5.32 Å². The topological polar surface area (TPSA) is 15.3 Å². The Morgan fingerprint density at radius 3 is 3.18 bits per heavy atom. The minimum atomic E-state index is 0.914. The maximum Gasteiger partial charge on any atom is 0.0297 e.